The number of nitrogens with two attached hydrogens (primary N) is 1. The number of oxime groups is 1. The number of nitrogens with zero attached hydrogens (tertiary/aromatic N) is 1. The Hall–Kier alpha value is -1.75. The first-order valence-corrected chi connectivity index (χ1v) is 6.76. The van der Waals surface area contributed by atoms with Crippen molar-refractivity contribution in [3.8, 4) is 5.75 Å². The lowest BCUT2D eigenvalue weighted by Gasteiger charge is -2.24. The molecule has 1 aromatic rings. The van der Waals surface area contributed by atoms with Crippen LogP contribution >= 0.6 is 0 Å². The summed E-state index contributed by atoms with van der Waals surface area (Å²) in [6.07, 6.45) is 0.789. The zero-order valence-corrected chi connectivity index (χ0v) is 12.7. The van der Waals surface area contributed by atoms with Gasteiger partial charge in [0.1, 0.15) is 11.6 Å². The van der Waals surface area contributed by atoms with Gasteiger partial charge in [0.15, 0.2) is 0 Å². The van der Waals surface area contributed by atoms with E-state index in [1.807, 2.05) is 32.0 Å². The molecule has 1 aromatic carbocycles. The fourth-order valence-corrected chi connectivity index (χ4v) is 1.89. The van der Waals surface area contributed by atoms with Crippen LogP contribution in [0.15, 0.2) is 29.4 Å². The summed E-state index contributed by atoms with van der Waals surface area (Å²) in [5.74, 6) is 1.11. The summed E-state index contributed by atoms with van der Waals surface area (Å²) in [5, 5.41) is 15.3. The number of hydrogen-bond acceptors (Lipinski definition) is 4. The van der Waals surface area contributed by atoms with Crippen molar-refractivity contribution in [1.29, 1.82) is 0 Å². The topological polar surface area (TPSA) is 79.9 Å². The van der Waals surface area contributed by atoms with Crippen molar-refractivity contribution in [2.24, 2.45) is 16.3 Å². The van der Waals surface area contributed by atoms with Crippen molar-refractivity contribution in [3.05, 3.63) is 29.8 Å². The first-order valence-electron chi connectivity index (χ1n) is 6.76. The monoisotopic (exact) mass is 279 g/mol. The molecule has 0 spiro atoms. The average Bonchev–Trinajstić information content (AvgIpc) is 2.46. The van der Waals surface area contributed by atoms with Gasteiger partial charge in [-0.05, 0) is 37.6 Å². The zero-order chi connectivity index (χ0) is 15.2. The second-order valence-corrected chi connectivity index (χ2v) is 5.57. The second kappa shape index (κ2) is 7.14. The van der Waals surface area contributed by atoms with Gasteiger partial charge < -0.3 is 21.0 Å². The molecule has 20 heavy (non-hydrogen) atoms. The van der Waals surface area contributed by atoms with Crippen LogP contribution in [0.3, 0.4) is 0 Å². The summed E-state index contributed by atoms with van der Waals surface area (Å²) in [5.41, 5.74) is 6.52. The molecule has 5 heteroatoms. The number of hydrogen-bond donors (Lipinski definition) is 3. The Morgan fingerprint density at radius 2 is 2.20 bits per heavy atom. The average molecular weight is 279 g/mol. The fraction of sp³-hybridized carbons (Fsp3) is 0.533. The summed E-state index contributed by atoms with van der Waals surface area (Å²) in [7, 11) is 1.66. The van der Waals surface area contributed by atoms with Crippen molar-refractivity contribution in [2.75, 3.05) is 13.7 Å². The van der Waals surface area contributed by atoms with E-state index in [1.54, 1.807) is 7.11 Å². The van der Waals surface area contributed by atoms with Crippen LogP contribution in [0.2, 0.25) is 0 Å². The number of amidine groups is 1. The Morgan fingerprint density at radius 3 is 2.80 bits per heavy atom. The highest BCUT2D eigenvalue weighted by molar-refractivity contribution is 5.85. The Balaban J connectivity index is 2.53. The number of nitrogens with one attached hydrogen (secondary N) is 1. The van der Waals surface area contributed by atoms with Gasteiger partial charge in [-0.3, -0.25) is 0 Å². The van der Waals surface area contributed by atoms with E-state index >= 15 is 0 Å². The number of ether oxygens (including phenoxy) is 1. The molecule has 1 atom stereocenters. The van der Waals surface area contributed by atoms with Crippen molar-refractivity contribution in [3.63, 3.8) is 0 Å². The molecule has 0 bridgehead atoms. The molecule has 0 radical (unpaired) electrons. The summed E-state index contributed by atoms with van der Waals surface area (Å²) >= 11 is 0. The molecule has 0 fully saturated rings. The lowest BCUT2D eigenvalue weighted by atomic mass is 9.88. The van der Waals surface area contributed by atoms with Crippen LogP contribution in [-0.4, -0.2) is 24.7 Å². The quantitative estimate of drug-likeness (QED) is 0.310. The van der Waals surface area contributed by atoms with E-state index in [0.29, 0.717) is 0 Å². The Labute approximate surface area is 120 Å². The maximum atomic E-state index is 8.74. The minimum Gasteiger partial charge on any atom is -0.497 e. The summed E-state index contributed by atoms with van der Waals surface area (Å²) in [6.45, 7) is 6.80. The molecule has 0 saturated carbocycles. The second-order valence-electron chi connectivity index (χ2n) is 5.57. The summed E-state index contributed by atoms with van der Waals surface area (Å²) in [6, 6.07) is 8.21. The minimum absolute atomic E-state index is 0.216. The molecular weight excluding hydrogens is 254 g/mol. The van der Waals surface area contributed by atoms with E-state index in [0.717, 1.165) is 18.7 Å². The molecule has 4 N–H and O–H groups in total. The predicted molar refractivity (Wildman–Crippen MR) is 81.2 cm³/mol. The molecule has 0 saturated heterocycles. The Kier molecular flexibility index (Phi) is 5.82. The smallest absolute Gasteiger partial charge is 0.144 e. The van der Waals surface area contributed by atoms with Gasteiger partial charge in [-0.25, -0.2) is 0 Å². The summed E-state index contributed by atoms with van der Waals surface area (Å²) in [4.78, 5) is 0. The third-order valence-corrected chi connectivity index (χ3v) is 3.60. The third kappa shape index (κ3) is 4.42. The van der Waals surface area contributed by atoms with Crippen molar-refractivity contribution in [2.45, 2.75) is 33.2 Å². The van der Waals surface area contributed by atoms with Gasteiger partial charge in [-0.15, -0.1) is 0 Å². The summed E-state index contributed by atoms with van der Waals surface area (Å²) < 4.78 is 5.22. The zero-order valence-electron chi connectivity index (χ0n) is 12.7. The molecule has 0 aromatic heterocycles. The lowest BCUT2D eigenvalue weighted by Crippen LogP contribution is -2.35. The Morgan fingerprint density at radius 1 is 1.50 bits per heavy atom. The maximum Gasteiger partial charge on any atom is 0.144 e. The van der Waals surface area contributed by atoms with Gasteiger partial charge in [-0.2, -0.15) is 0 Å². The van der Waals surface area contributed by atoms with E-state index < -0.39 is 0 Å². The van der Waals surface area contributed by atoms with Crippen molar-refractivity contribution in [1.82, 2.24) is 5.32 Å². The van der Waals surface area contributed by atoms with Crippen LogP contribution in [0.5, 0.6) is 5.75 Å². The SMILES string of the molecule is COc1cccc([C@H](C)NCCC(C)(C)/C(N)=N/O)c1. The maximum absolute atomic E-state index is 8.74. The third-order valence-electron chi connectivity index (χ3n) is 3.60. The molecule has 0 aliphatic rings. The first-order chi connectivity index (χ1) is 9.40. The number of benzene rings is 1. The molecule has 0 heterocycles. The molecule has 1 rings (SSSR count). The van der Waals surface area contributed by atoms with Gasteiger partial charge >= 0.3 is 0 Å². The molecule has 0 unspecified atom stereocenters. The molecule has 5 nitrogen and oxygen atoms in total. The standard InChI is InChI=1S/C15H25N3O2/c1-11(12-6-5-7-13(10-12)20-4)17-9-8-15(2,3)14(16)18-19/h5-7,10-11,17,19H,8-9H2,1-4H3,(H2,16,18)/t11-/m0/s1. The van der Waals surface area contributed by atoms with Gasteiger partial charge in [0.25, 0.3) is 0 Å². The van der Waals surface area contributed by atoms with Crippen LogP contribution in [-0.2, 0) is 0 Å². The van der Waals surface area contributed by atoms with Gasteiger partial charge in [0.05, 0.1) is 7.11 Å². The lowest BCUT2D eigenvalue weighted by molar-refractivity contribution is 0.304. The van der Waals surface area contributed by atoms with Crippen LogP contribution in [0, 0.1) is 5.41 Å². The Bertz CT molecular complexity index is 458. The van der Waals surface area contributed by atoms with Gasteiger partial charge in [0.2, 0.25) is 0 Å². The van der Waals surface area contributed by atoms with E-state index in [9.17, 15) is 0 Å². The largest absolute Gasteiger partial charge is 0.497 e. The van der Waals surface area contributed by atoms with E-state index in [1.165, 1.54) is 5.56 Å². The molecular formula is C15H25N3O2. The number of methoxy groups -OCH3 is 1. The minimum atomic E-state index is -0.324. The van der Waals surface area contributed by atoms with Gasteiger partial charge in [-0.1, -0.05) is 31.1 Å². The molecule has 0 aliphatic heterocycles. The van der Waals surface area contributed by atoms with E-state index in [2.05, 4.69) is 23.5 Å². The highest BCUT2D eigenvalue weighted by Gasteiger charge is 2.23. The van der Waals surface area contributed by atoms with Crippen LogP contribution in [0.4, 0.5) is 0 Å². The highest BCUT2D eigenvalue weighted by Crippen LogP contribution is 2.22. The fourth-order valence-electron chi connectivity index (χ4n) is 1.89. The molecule has 0 aliphatic carbocycles. The van der Waals surface area contributed by atoms with Crippen LogP contribution in [0.1, 0.15) is 38.8 Å². The molecule has 112 valence electrons. The molecule has 0 amide bonds. The highest BCUT2D eigenvalue weighted by atomic mass is 16.5. The predicted octanol–water partition coefficient (Wildman–Crippen LogP) is 2.51. The van der Waals surface area contributed by atoms with Crippen molar-refractivity contribution >= 4 is 5.84 Å². The van der Waals surface area contributed by atoms with Crippen LogP contribution < -0.4 is 15.8 Å². The van der Waals surface area contributed by atoms with Crippen molar-refractivity contribution < 1.29 is 9.94 Å². The van der Waals surface area contributed by atoms with Gasteiger partial charge in [0, 0.05) is 11.5 Å². The van der Waals surface area contributed by atoms with Crippen LogP contribution in [0.25, 0.3) is 0 Å². The number of rotatable bonds is 7. The normalized spacial score (nSPS) is 14.1. The van der Waals surface area contributed by atoms with E-state index in [4.69, 9.17) is 15.7 Å². The van der Waals surface area contributed by atoms with E-state index in [-0.39, 0.29) is 17.3 Å². The first kappa shape index (κ1) is 16.3.